The Hall–Kier alpha value is -1.43. The lowest BCUT2D eigenvalue weighted by atomic mass is 10.3. The van der Waals surface area contributed by atoms with Gasteiger partial charge >= 0.3 is 5.97 Å². The average Bonchev–Trinajstić information content (AvgIpc) is 2.95. The molecule has 1 aromatic rings. The number of carbonyl (C=O) groups is 2. The third-order valence-corrected chi connectivity index (χ3v) is 3.79. The quantitative estimate of drug-likeness (QED) is 0.761. The molecule has 1 aliphatic carbocycles. The highest BCUT2D eigenvalue weighted by atomic mass is 32.1. The summed E-state index contributed by atoms with van der Waals surface area (Å²) in [7, 11) is 0. The van der Waals surface area contributed by atoms with Gasteiger partial charge in [-0.25, -0.2) is 9.78 Å². The minimum absolute atomic E-state index is 0.142. The molecule has 1 aromatic heterocycles. The van der Waals surface area contributed by atoms with Gasteiger partial charge in [0.15, 0.2) is 16.6 Å². The maximum atomic E-state index is 11.3. The third-order valence-electron chi connectivity index (χ3n) is 2.68. The Morgan fingerprint density at radius 1 is 1.53 bits per heavy atom. The lowest BCUT2D eigenvalue weighted by Gasteiger charge is -1.99. The summed E-state index contributed by atoms with van der Waals surface area (Å²) in [6, 6.07) is 0. The van der Waals surface area contributed by atoms with Gasteiger partial charge in [-0.1, -0.05) is 24.2 Å². The van der Waals surface area contributed by atoms with E-state index in [1.165, 1.54) is 19.8 Å². The summed E-state index contributed by atoms with van der Waals surface area (Å²) in [6.07, 6.45) is 3.66. The fourth-order valence-corrected chi connectivity index (χ4v) is 2.45. The van der Waals surface area contributed by atoms with E-state index in [1.54, 1.807) is 0 Å². The van der Waals surface area contributed by atoms with Gasteiger partial charge in [-0.05, 0) is 12.3 Å². The Kier molecular flexibility index (Phi) is 3.42. The van der Waals surface area contributed by atoms with Crippen LogP contribution in [0.2, 0.25) is 0 Å². The van der Waals surface area contributed by atoms with E-state index in [0.29, 0.717) is 5.13 Å². The molecule has 0 amide bonds. The van der Waals surface area contributed by atoms with Crippen LogP contribution in [0.5, 0.6) is 0 Å². The number of aromatic carboxylic acids is 1. The molecule has 0 unspecified atom stereocenters. The standard InChI is InChI=1S/C11H14N2O3S/c1-6(14)9-8(10(15)16)13-11(17-9)12-5-4-7-2-3-7/h7H,2-5H2,1H3,(H,12,13)(H,15,16). The molecular formula is C11H14N2O3S. The molecule has 2 N–H and O–H groups in total. The van der Waals surface area contributed by atoms with Gasteiger partial charge in [0.1, 0.15) is 4.88 Å². The number of carboxylic acid groups (broad SMARTS) is 1. The number of carbonyl (C=O) groups excluding carboxylic acids is 1. The molecule has 0 spiro atoms. The number of hydrogen-bond acceptors (Lipinski definition) is 5. The zero-order chi connectivity index (χ0) is 12.4. The second-order valence-corrected chi connectivity index (χ2v) is 5.22. The normalized spacial score (nSPS) is 14.6. The number of hydrogen-bond donors (Lipinski definition) is 2. The highest BCUT2D eigenvalue weighted by Crippen LogP contribution is 2.32. The molecule has 0 aliphatic heterocycles. The molecule has 0 saturated heterocycles. The lowest BCUT2D eigenvalue weighted by molar-refractivity contribution is 0.0687. The zero-order valence-electron chi connectivity index (χ0n) is 9.52. The number of nitrogens with zero attached hydrogens (tertiary/aromatic N) is 1. The van der Waals surface area contributed by atoms with E-state index >= 15 is 0 Å². The highest BCUT2D eigenvalue weighted by molar-refractivity contribution is 7.17. The molecular weight excluding hydrogens is 240 g/mol. The molecule has 0 atom stereocenters. The van der Waals surface area contributed by atoms with Crippen LogP contribution in [0, 0.1) is 5.92 Å². The van der Waals surface area contributed by atoms with Crippen molar-refractivity contribution in [3.05, 3.63) is 10.6 Å². The van der Waals surface area contributed by atoms with Crippen LogP contribution in [0.15, 0.2) is 0 Å². The van der Waals surface area contributed by atoms with Gasteiger partial charge in [-0.2, -0.15) is 0 Å². The van der Waals surface area contributed by atoms with Crippen LogP contribution in [-0.2, 0) is 0 Å². The molecule has 1 heterocycles. The Balaban J connectivity index is 2.03. The Bertz CT molecular complexity index is 420. The fourth-order valence-electron chi connectivity index (χ4n) is 1.57. The summed E-state index contributed by atoms with van der Waals surface area (Å²) < 4.78 is 0. The Morgan fingerprint density at radius 2 is 2.24 bits per heavy atom. The van der Waals surface area contributed by atoms with Crippen molar-refractivity contribution in [3.63, 3.8) is 0 Å². The van der Waals surface area contributed by atoms with Gasteiger partial charge < -0.3 is 10.4 Å². The molecule has 1 aliphatic rings. The molecule has 2 rings (SSSR count). The largest absolute Gasteiger partial charge is 0.476 e. The maximum Gasteiger partial charge on any atom is 0.356 e. The number of Topliss-reactive ketones (excluding diaryl/α,β-unsaturated/α-hetero) is 1. The number of nitrogens with one attached hydrogen (secondary N) is 1. The first-order chi connectivity index (χ1) is 8.08. The number of anilines is 1. The maximum absolute atomic E-state index is 11.3. The smallest absolute Gasteiger partial charge is 0.356 e. The van der Waals surface area contributed by atoms with E-state index < -0.39 is 5.97 Å². The van der Waals surface area contributed by atoms with Gasteiger partial charge in [0.2, 0.25) is 0 Å². The molecule has 6 heteroatoms. The summed E-state index contributed by atoms with van der Waals surface area (Å²) in [5, 5.41) is 12.5. The predicted molar refractivity (Wildman–Crippen MR) is 64.9 cm³/mol. The number of aromatic nitrogens is 1. The summed E-state index contributed by atoms with van der Waals surface area (Å²) in [5.74, 6) is -0.592. The molecule has 0 radical (unpaired) electrons. The van der Waals surface area contributed by atoms with E-state index in [1.807, 2.05) is 0 Å². The third kappa shape index (κ3) is 3.03. The van der Waals surface area contributed by atoms with Crippen LogP contribution >= 0.6 is 11.3 Å². The molecule has 5 nitrogen and oxygen atoms in total. The number of rotatable bonds is 6. The molecule has 1 fully saturated rings. The lowest BCUT2D eigenvalue weighted by Crippen LogP contribution is -2.05. The van der Waals surface area contributed by atoms with E-state index in [9.17, 15) is 9.59 Å². The number of thiazole rings is 1. The molecule has 17 heavy (non-hydrogen) atoms. The SMILES string of the molecule is CC(=O)c1sc(NCCC2CC2)nc1C(=O)O. The Morgan fingerprint density at radius 3 is 2.71 bits per heavy atom. The first-order valence-electron chi connectivity index (χ1n) is 5.57. The fraction of sp³-hybridized carbons (Fsp3) is 0.545. The van der Waals surface area contributed by atoms with Crippen molar-refractivity contribution in [3.8, 4) is 0 Å². The van der Waals surface area contributed by atoms with Crippen LogP contribution in [0.25, 0.3) is 0 Å². The summed E-state index contributed by atoms with van der Waals surface area (Å²) in [5.41, 5.74) is -0.142. The zero-order valence-corrected chi connectivity index (χ0v) is 10.3. The van der Waals surface area contributed by atoms with Gasteiger partial charge in [-0.3, -0.25) is 4.79 Å². The first kappa shape index (κ1) is 12.0. The monoisotopic (exact) mass is 254 g/mol. The van der Waals surface area contributed by atoms with Crippen molar-refractivity contribution in [1.82, 2.24) is 4.98 Å². The van der Waals surface area contributed by atoms with Crippen molar-refractivity contribution >= 4 is 28.2 Å². The molecule has 1 saturated carbocycles. The number of carboxylic acids is 1. The van der Waals surface area contributed by atoms with Gasteiger partial charge in [-0.15, -0.1) is 0 Å². The minimum Gasteiger partial charge on any atom is -0.476 e. The second kappa shape index (κ2) is 4.83. The molecule has 92 valence electrons. The van der Waals surface area contributed by atoms with E-state index in [-0.39, 0.29) is 16.4 Å². The van der Waals surface area contributed by atoms with Crippen molar-refractivity contribution in [2.45, 2.75) is 26.2 Å². The van der Waals surface area contributed by atoms with Gasteiger partial charge in [0.05, 0.1) is 0 Å². The van der Waals surface area contributed by atoms with E-state index in [0.717, 1.165) is 30.2 Å². The van der Waals surface area contributed by atoms with Crippen LogP contribution in [0.4, 0.5) is 5.13 Å². The van der Waals surface area contributed by atoms with Crippen LogP contribution < -0.4 is 5.32 Å². The predicted octanol–water partition coefficient (Wildman–Crippen LogP) is 2.26. The summed E-state index contributed by atoms with van der Waals surface area (Å²) in [6.45, 7) is 2.14. The van der Waals surface area contributed by atoms with Crippen LogP contribution in [-0.4, -0.2) is 28.4 Å². The highest BCUT2D eigenvalue weighted by Gasteiger charge is 2.22. The second-order valence-electron chi connectivity index (χ2n) is 4.22. The van der Waals surface area contributed by atoms with Crippen molar-refractivity contribution in [1.29, 1.82) is 0 Å². The average molecular weight is 254 g/mol. The van der Waals surface area contributed by atoms with Crippen molar-refractivity contribution < 1.29 is 14.7 Å². The molecule has 0 aromatic carbocycles. The minimum atomic E-state index is -1.15. The van der Waals surface area contributed by atoms with E-state index in [2.05, 4.69) is 10.3 Å². The van der Waals surface area contributed by atoms with Crippen molar-refractivity contribution in [2.24, 2.45) is 5.92 Å². The first-order valence-corrected chi connectivity index (χ1v) is 6.38. The molecule has 0 bridgehead atoms. The van der Waals surface area contributed by atoms with E-state index in [4.69, 9.17) is 5.11 Å². The van der Waals surface area contributed by atoms with Crippen LogP contribution in [0.1, 0.15) is 46.3 Å². The summed E-state index contributed by atoms with van der Waals surface area (Å²) in [4.78, 5) is 26.3. The van der Waals surface area contributed by atoms with Gasteiger partial charge in [0.25, 0.3) is 0 Å². The summed E-state index contributed by atoms with van der Waals surface area (Å²) >= 11 is 1.12. The van der Waals surface area contributed by atoms with Crippen LogP contribution in [0.3, 0.4) is 0 Å². The van der Waals surface area contributed by atoms with Crippen molar-refractivity contribution in [2.75, 3.05) is 11.9 Å². The van der Waals surface area contributed by atoms with Gasteiger partial charge in [0, 0.05) is 13.5 Å². The number of ketones is 1. The Labute approximate surface area is 103 Å². The topological polar surface area (TPSA) is 79.3 Å².